The van der Waals surface area contributed by atoms with Gasteiger partial charge >= 0.3 is 0 Å². The quantitative estimate of drug-likeness (QED) is 0.821. The van der Waals surface area contributed by atoms with Crippen molar-refractivity contribution in [2.75, 3.05) is 12.4 Å². The average molecular weight is 302 g/mol. The minimum atomic E-state index is -0.236. The minimum Gasteiger partial charge on any atom is -0.347 e. The number of hydrogen-bond acceptors (Lipinski definition) is 3. The summed E-state index contributed by atoms with van der Waals surface area (Å²) in [4.78, 5) is 25.4. The summed E-state index contributed by atoms with van der Waals surface area (Å²) in [6.07, 6.45) is 3.68. The lowest BCUT2D eigenvalue weighted by atomic mass is 9.85. The van der Waals surface area contributed by atoms with E-state index in [9.17, 15) is 9.59 Å². The summed E-state index contributed by atoms with van der Waals surface area (Å²) in [5.41, 5.74) is 5.46. The van der Waals surface area contributed by atoms with Crippen LogP contribution in [0.5, 0.6) is 0 Å². The second-order valence-corrected chi connectivity index (χ2v) is 6.13. The molecule has 6 nitrogen and oxygen atoms in total. The highest BCUT2D eigenvalue weighted by Crippen LogP contribution is 2.41. The zero-order valence-electron chi connectivity index (χ0n) is 13.9. The van der Waals surface area contributed by atoms with Crippen molar-refractivity contribution in [2.24, 2.45) is 12.5 Å². The van der Waals surface area contributed by atoms with Crippen LogP contribution < -0.4 is 10.9 Å². The largest absolute Gasteiger partial charge is 0.347 e. The highest BCUT2D eigenvalue weighted by atomic mass is 16.2. The van der Waals surface area contributed by atoms with Crippen LogP contribution in [0, 0.1) is 5.41 Å². The minimum absolute atomic E-state index is 0.138. The molecule has 0 fully saturated rings. The van der Waals surface area contributed by atoms with Crippen LogP contribution >= 0.6 is 0 Å². The van der Waals surface area contributed by atoms with E-state index in [-0.39, 0.29) is 16.9 Å². The van der Waals surface area contributed by atoms with Crippen molar-refractivity contribution in [2.45, 2.75) is 27.7 Å². The van der Waals surface area contributed by atoms with Gasteiger partial charge in [-0.1, -0.05) is 5.73 Å². The predicted molar refractivity (Wildman–Crippen MR) is 87.1 cm³/mol. The highest BCUT2D eigenvalue weighted by Gasteiger charge is 2.33. The van der Waals surface area contributed by atoms with Crippen molar-refractivity contribution in [3.05, 3.63) is 39.1 Å². The Kier molecular flexibility index (Phi) is 3.90. The normalized spacial score (nSPS) is 16.4. The number of aromatic amines is 1. The van der Waals surface area contributed by atoms with Gasteiger partial charge in [-0.25, -0.2) is 0 Å². The van der Waals surface area contributed by atoms with Crippen molar-refractivity contribution < 1.29 is 4.79 Å². The van der Waals surface area contributed by atoms with Crippen LogP contribution in [0.1, 0.15) is 33.3 Å². The Bertz CT molecular complexity index is 771. The molecule has 6 heteroatoms. The fourth-order valence-corrected chi connectivity index (χ4v) is 2.54. The first-order valence-corrected chi connectivity index (χ1v) is 7.10. The number of aryl methyl sites for hydroxylation is 1. The summed E-state index contributed by atoms with van der Waals surface area (Å²) in [6.45, 7) is 7.70. The number of H-pyrrole nitrogens is 1. The number of rotatable bonds is 2. The van der Waals surface area contributed by atoms with Gasteiger partial charge in [-0.15, -0.1) is 0 Å². The van der Waals surface area contributed by atoms with E-state index >= 15 is 0 Å². The van der Waals surface area contributed by atoms with Crippen molar-refractivity contribution in [1.82, 2.24) is 14.7 Å². The zero-order chi connectivity index (χ0) is 16.7. The lowest BCUT2D eigenvalue weighted by molar-refractivity contribution is -0.114. The van der Waals surface area contributed by atoms with Gasteiger partial charge in [0.1, 0.15) is 5.82 Å². The lowest BCUT2D eigenvalue weighted by Crippen LogP contribution is -2.18. The van der Waals surface area contributed by atoms with E-state index in [2.05, 4.69) is 43.1 Å². The molecule has 0 atom stereocenters. The molecule has 0 aromatic carbocycles. The van der Waals surface area contributed by atoms with Crippen molar-refractivity contribution in [3.63, 3.8) is 0 Å². The van der Waals surface area contributed by atoms with Gasteiger partial charge < -0.3 is 10.2 Å². The van der Waals surface area contributed by atoms with Crippen LogP contribution in [0.2, 0.25) is 0 Å². The predicted octanol–water partition coefficient (Wildman–Crippen LogP) is 2.04. The number of nitrogens with zero attached hydrogens (tertiary/aromatic N) is 2. The Morgan fingerprint density at radius 3 is 2.55 bits per heavy atom. The zero-order valence-corrected chi connectivity index (χ0v) is 13.9. The first kappa shape index (κ1) is 15.9. The number of carbonyl (C=O) groups is 1. The molecule has 2 heterocycles. The molecular weight excluding hydrogens is 280 g/mol. The van der Waals surface area contributed by atoms with Gasteiger partial charge in [0.15, 0.2) is 0 Å². The van der Waals surface area contributed by atoms with Crippen LogP contribution in [0.25, 0.3) is 6.08 Å². The number of hydrogen-bond donors (Lipinski definition) is 2. The maximum atomic E-state index is 12.2. The second kappa shape index (κ2) is 5.39. The maximum Gasteiger partial charge on any atom is 0.276 e. The molecule has 22 heavy (non-hydrogen) atoms. The monoisotopic (exact) mass is 302 g/mol. The Morgan fingerprint density at radius 1 is 1.41 bits per heavy atom. The number of allylic oxidation sites excluding steroid dienone is 1. The van der Waals surface area contributed by atoms with Crippen LogP contribution in [-0.4, -0.2) is 27.6 Å². The highest BCUT2D eigenvalue weighted by molar-refractivity contribution is 5.89. The fourth-order valence-electron chi connectivity index (χ4n) is 2.54. The molecule has 2 N–H and O–H groups in total. The van der Waals surface area contributed by atoms with Crippen molar-refractivity contribution in [1.29, 1.82) is 0 Å². The van der Waals surface area contributed by atoms with Gasteiger partial charge in [-0.2, -0.15) is 0 Å². The number of nitrogens with one attached hydrogen (secondary N) is 2. The fraction of sp³-hybridized carbons (Fsp3) is 0.438. The van der Waals surface area contributed by atoms with Crippen molar-refractivity contribution in [3.8, 4) is 0 Å². The second-order valence-electron chi connectivity index (χ2n) is 6.13. The van der Waals surface area contributed by atoms with Gasteiger partial charge in [0.05, 0.1) is 11.3 Å². The van der Waals surface area contributed by atoms with Gasteiger partial charge in [-0.05, 0) is 32.4 Å². The molecule has 1 amide bonds. The first-order valence-electron chi connectivity index (χ1n) is 7.10. The Labute approximate surface area is 129 Å². The summed E-state index contributed by atoms with van der Waals surface area (Å²) in [7, 11) is 3.56. The summed E-state index contributed by atoms with van der Waals surface area (Å²) < 4.78 is 1.33. The molecule has 1 aliphatic heterocycles. The summed E-state index contributed by atoms with van der Waals surface area (Å²) in [5, 5.41) is 5.45. The third-order valence-corrected chi connectivity index (χ3v) is 4.06. The third-order valence-electron chi connectivity index (χ3n) is 4.06. The molecule has 1 aliphatic rings. The standard InChI is InChI=1S/C16H22N4O2/c1-10-9-19(5)13(16(10,3)4)8-7-12-14(17-11(2)21)18-20(6)15(12)22/h7,9,18H,1-6H3,(H,17,21). The number of carbonyl (C=O) groups excluding carboxylic acids is 1. The van der Waals surface area contributed by atoms with E-state index in [0.29, 0.717) is 11.4 Å². The van der Waals surface area contributed by atoms with Crippen LogP contribution in [0.15, 0.2) is 28.0 Å². The lowest BCUT2D eigenvalue weighted by Gasteiger charge is -2.23. The Balaban J connectivity index is 2.53. The number of aromatic nitrogens is 2. The maximum absolute atomic E-state index is 12.2. The van der Waals surface area contributed by atoms with Crippen LogP contribution in [0.4, 0.5) is 5.82 Å². The van der Waals surface area contributed by atoms with E-state index in [0.717, 1.165) is 5.70 Å². The van der Waals surface area contributed by atoms with E-state index in [1.165, 1.54) is 17.2 Å². The van der Waals surface area contributed by atoms with Gasteiger partial charge in [0.2, 0.25) is 5.91 Å². The van der Waals surface area contributed by atoms with E-state index in [1.807, 2.05) is 11.9 Å². The molecule has 0 bridgehead atoms. The SMILES string of the molecule is CC(=O)Nc1[nH]n(C)c(=O)c1C=C=C1N(C)C=C(C)C1(C)C. The average Bonchev–Trinajstić information content (AvgIpc) is 2.74. The molecule has 0 unspecified atom stereocenters. The molecule has 118 valence electrons. The van der Waals surface area contributed by atoms with E-state index < -0.39 is 0 Å². The summed E-state index contributed by atoms with van der Waals surface area (Å²) in [5.74, 6) is 0.149. The first-order chi connectivity index (χ1) is 10.1. The number of anilines is 1. The molecule has 1 aromatic rings. The smallest absolute Gasteiger partial charge is 0.276 e. The van der Waals surface area contributed by atoms with Crippen LogP contribution in [0.3, 0.4) is 0 Å². The van der Waals surface area contributed by atoms with Crippen LogP contribution in [-0.2, 0) is 11.8 Å². The number of amides is 1. The van der Waals surface area contributed by atoms with E-state index in [1.54, 1.807) is 13.1 Å². The Hall–Kier alpha value is -2.46. The molecule has 0 aliphatic carbocycles. The van der Waals surface area contributed by atoms with Crippen molar-refractivity contribution >= 4 is 17.8 Å². The van der Waals surface area contributed by atoms with Gasteiger partial charge in [-0.3, -0.25) is 19.4 Å². The van der Waals surface area contributed by atoms with Gasteiger partial charge in [0, 0.05) is 32.6 Å². The molecule has 0 saturated heterocycles. The molecule has 1 aromatic heterocycles. The topological polar surface area (TPSA) is 70.1 Å². The van der Waals surface area contributed by atoms with Gasteiger partial charge in [0.25, 0.3) is 5.56 Å². The van der Waals surface area contributed by atoms with E-state index in [4.69, 9.17) is 0 Å². The molecule has 0 spiro atoms. The molecule has 2 rings (SSSR count). The summed E-state index contributed by atoms with van der Waals surface area (Å²) in [6, 6.07) is 0. The third kappa shape index (κ3) is 2.65. The molecule has 0 saturated carbocycles. The molecular formula is C16H22N4O2. The Morgan fingerprint density at radius 2 is 2.05 bits per heavy atom. The summed E-state index contributed by atoms with van der Waals surface area (Å²) >= 11 is 0. The molecule has 0 radical (unpaired) electrons.